The zero-order valence-electron chi connectivity index (χ0n) is 19.4. The second-order valence-corrected chi connectivity index (χ2v) is 8.78. The molecule has 3 rings (SSSR count). The van der Waals surface area contributed by atoms with Gasteiger partial charge in [0.25, 0.3) is 0 Å². The van der Waals surface area contributed by atoms with Crippen molar-refractivity contribution in [1.29, 1.82) is 0 Å². The Morgan fingerprint density at radius 2 is 1.85 bits per heavy atom. The van der Waals surface area contributed by atoms with Crippen LogP contribution in [0.3, 0.4) is 0 Å². The first-order valence-corrected chi connectivity index (χ1v) is 11.4. The number of aromatic nitrogens is 3. The van der Waals surface area contributed by atoms with Crippen molar-refractivity contribution in [3.05, 3.63) is 70.0 Å². The Kier molecular flexibility index (Phi) is 8.16. The Morgan fingerprint density at radius 1 is 1.12 bits per heavy atom. The van der Waals surface area contributed by atoms with Gasteiger partial charge in [-0.2, -0.15) is 5.10 Å². The largest absolute Gasteiger partial charge is 0.463 e. The molecule has 174 valence electrons. The Bertz CT molecular complexity index is 1160. The van der Waals surface area contributed by atoms with E-state index in [1.807, 2.05) is 66.9 Å². The first-order valence-electron chi connectivity index (χ1n) is 11.0. The summed E-state index contributed by atoms with van der Waals surface area (Å²) in [6.07, 6.45) is 0.0378. The number of benzene rings is 2. The molecule has 0 aliphatic rings. The average molecular weight is 467 g/mol. The summed E-state index contributed by atoms with van der Waals surface area (Å²) in [4.78, 5) is 25.2. The Morgan fingerprint density at radius 3 is 2.52 bits per heavy atom. The Labute approximate surface area is 199 Å². The number of amides is 1. The topological polar surface area (TPSA) is 89.0 Å². The van der Waals surface area contributed by atoms with Gasteiger partial charge in [0.1, 0.15) is 0 Å². The van der Waals surface area contributed by atoms with E-state index in [1.165, 1.54) is 0 Å². The van der Waals surface area contributed by atoms with Crippen LogP contribution >= 0.6 is 12.2 Å². The average Bonchev–Trinajstić information content (AvgIpc) is 3.12. The molecule has 0 aliphatic heterocycles. The fraction of sp³-hybridized carbons (Fsp3) is 0.360. The molecule has 0 radical (unpaired) electrons. The van der Waals surface area contributed by atoms with Crippen LogP contribution in [-0.2, 0) is 20.9 Å². The predicted octanol–water partition coefficient (Wildman–Crippen LogP) is 4.81. The highest BCUT2D eigenvalue weighted by Crippen LogP contribution is 2.21. The van der Waals surface area contributed by atoms with E-state index in [2.05, 4.69) is 15.5 Å². The number of H-pyrrole nitrogens is 1. The van der Waals surface area contributed by atoms with Crippen molar-refractivity contribution in [1.82, 2.24) is 20.1 Å². The molecule has 2 aromatic carbocycles. The summed E-state index contributed by atoms with van der Waals surface area (Å²) in [7, 11) is 0. The summed E-state index contributed by atoms with van der Waals surface area (Å²) in [6, 6.07) is 15.2. The van der Waals surface area contributed by atoms with Gasteiger partial charge in [-0.15, -0.1) is 0 Å². The molecule has 0 aliphatic carbocycles. The summed E-state index contributed by atoms with van der Waals surface area (Å²) >= 11 is 5.38. The molecule has 3 aromatic rings. The van der Waals surface area contributed by atoms with Gasteiger partial charge in [-0.05, 0) is 51.5 Å². The minimum atomic E-state index is -0.474. The molecule has 0 spiro atoms. The minimum absolute atomic E-state index is 0.0622. The van der Waals surface area contributed by atoms with E-state index in [-0.39, 0.29) is 30.8 Å². The van der Waals surface area contributed by atoms with E-state index in [4.69, 9.17) is 17.0 Å². The highest BCUT2D eigenvalue weighted by Gasteiger charge is 2.20. The van der Waals surface area contributed by atoms with Crippen molar-refractivity contribution >= 4 is 24.1 Å². The molecule has 1 amide bonds. The third-order valence-electron chi connectivity index (χ3n) is 5.15. The van der Waals surface area contributed by atoms with Crippen molar-refractivity contribution in [2.45, 2.75) is 59.2 Å². The number of rotatable bonds is 9. The van der Waals surface area contributed by atoms with Crippen molar-refractivity contribution in [3.8, 4) is 11.4 Å². The highest BCUT2D eigenvalue weighted by molar-refractivity contribution is 7.71. The second kappa shape index (κ2) is 11.0. The van der Waals surface area contributed by atoms with Gasteiger partial charge >= 0.3 is 5.97 Å². The smallest absolute Gasteiger partial charge is 0.308 e. The zero-order valence-corrected chi connectivity index (χ0v) is 20.2. The van der Waals surface area contributed by atoms with Crippen molar-refractivity contribution in [3.63, 3.8) is 0 Å². The highest BCUT2D eigenvalue weighted by atomic mass is 32.1. The van der Waals surface area contributed by atoms with Crippen LogP contribution in [0.4, 0.5) is 0 Å². The number of nitrogens with zero attached hydrogens (tertiary/aromatic N) is 2. The number of aryl methyl sites for hydroxylation is 2. The number of hydrogen-bond acceptors (Lipinski definition) is 5. The van der Waals surface area contributed by atoms with Gasteiger partial charge in [0, 0.05) is 18.5 Å². The first-order chi connectivity index (χ1) is 15.7. The van der Waals surface area contributed by atoms with E-state index in [9.17, 15) is 9.59 Å². The molecular formula is C25H30N4O3S. The molecule has 2 N–H and O–H groups in total. The molecule has 1 unspecified atom stereocenters. The normalized spacial score (nSPS) is 11.9. The molecule has 0 saturated carbocycles. The number of carbonyl (C=O) groups is 2. The van der Waals surface area contributed by atoms with Gasteiger partial charge in [0.05, 0.1) is 18.6 Å². The molecule has 7 nitrogen and oxygen atoms in total. The molecule has 0 saturated heterocycles. The second-order valence-electron chi connectivity index (χ2n) is 8.40. The van der Waals surface area contributed by atoms with Crippen LogP contribution < -0.4 is 5.32 Å². The van der Waals surface area contributed by atoms with Gasteiger partial charge in [-0.3, -0.25) is 19.3 Å². The van der Waals surface area contributed by atoms with Gasteiger partial charge in [0.15, 0.2) is 10.6 Å². The van der Waals surface area contributed by atoms with Crippen LogP contribution in [0.5, 0.6) is 0 Å². The van der Waals surface area contributed by atoms with Crippen molar-refractivity contribution in [2.24, 2.45) is 0 Å². The van der Waals surface area contributed by atoms with E-state index in [1.54, 1.807) is 13.8 Å². The van der Waals surface area contributed by atoms with Crippen LogP contribution in [0.1, 0.15) is 49.4 Å². The lowest BCUT2D eigenvalue weighted by atomic mass is 10.0. The van der Waals surface area contributed by atoms with Crippen LogP contribution in [0.25, 0.3) is 11.4 Å². The fourth-order valence-corrected chi connectivity index (χ4v) is 3.76. The van der Waals surface area contributed by atoms with Crippen LogP contribution in [0, 0.1) is 18.6 Å². The first kappa shape index (κ1) is 24.4. The van der Waals surface area contributed by atoms with Gasteiger partial charge < -0.3 is 10.1 Å². The Balaban J connectivity index is 1.72. The lowest BCUT2D eigenvalue weighted by Gasteiger charge is -2.20. The predicted molar refractivity (Wildman–Crippen MR) is 130 cm³/mol. The molecule has 1 atom stereocenters. The SMILES string of the molecule is Cc1ccc(C(CC(=O)OC(C)C)NC(=O)CCn2c(-c3cccc(C)c3)n[nH]c2=S)cc1. The molecular weight excluding hydrogens is 436 g/mol. The molecule has 0 bridgehead atoms. The number of nitrogens with one attached hydrogen (secondary N) is 2. The molecule has 8 heteroatoms. The van der Waals surface area contributed by atoms with Gasteiger partial charge in [0.2, 0.25) is 5.91 Å². The summed E-state index contributed by atoms with van der Waals surface area (Å²) < 4.78 is 7.57. The van der Waals surface area contributed by atoms with Crippen molar-refractivity contribution in [2.75, 3.05) is 0 Å². The summed E-state index contributed by atoms with van der Waals surface area (Å²) in [5.74, 6) is 0.151. The summed E-state index contributed by atoms with van der Waals surface area (Å²) in [6.45, 7) is 7.97. The maximum Gasteiger partial charge on any atom is 0.308 e. The lowest BCUT2D eigenvalue weighted by Crippen LogP contribution is -2.31. The van der Waals surface area contributed by atoms with E-state index in [0.29, 0.717) is 17.1 Å². The molecule has 1 aromatic heterocycles. The summed E-state index contributed by atoms with van der Waals surface area (Å²) in [5, 5.41) is 10.1. The minimum Gasteiger partial charge on any atom is -0.463 e. The molecule has 33 heavy (non-hydrogen) atoms. The van der Waals surface area contributed by atoms with Crippen LogP contribution in [0.2, 0.25) is 0 Å². The lowest BCUT2D eigenvalue weighted by molar-refractivity contribution is -0.148. The monoisotopic (exact) mass is 466 g/mol. The third-order valence-corrected chi connectivity index (χ3v) is 5.46. The molecule has 0 fully saturated rings. The zero-order chi connectivity index (χ0) is 24.0. The van der Waals surface area contributed by atoms with E-state index in [0.717, 1.165) is 22.3 Å². The van der Waals surface area contributed by atoms with E-state index >= 15 is 0 Å². The van der Waals surface area contributed by atoms with Crippen molar-refractivity contribution < 1.29 is 14.3 Å². The quantitative estimate of drug-likeness (QED) is 0.349. The standard InChI is InChI=1S/C25H30N4O3S/c1-16(2)32-23(31)15-21(19-10-8-17(3)9-11-19)26-22(30)12-13-29-24(27-28-25(29)33)20-7-5-6-18(4)14-20/h5-11,14,16,21H,12-13,15H2,1-4H3,(H,26,30)(H,28,33). The van der Waals surface area contributed by atoms with Gasteiger partial charge in [-0.1, -0.05) is 53.6 Å². The van der Waals surface area contributed by atoms with Gasteiger partial charge in [-0.25, -0.2) is 0 Å². The van der Waals surface area contributed by atoms with E-state index < -0.39 is 6.04 Å². The Hall–Kier alpha value is -3.26. The maximum atomic E-state index is 12.9. The number of hydrogen-bond donors (Lipinski definition) is 2. The third kappa shape index (κ3) is 6.86. The molecule has 1 heterocycles. The fourth-order valence-electron chi connectivity index (χ4n) is 3.54. The number of aromatic amines is 1. The maximum absolute atomic E-state index is 12.9. The number of esters is 1. The number of ether oxygens (including phenoxy) is 1. The van der Waals surface area contributed by atoms with Crippen LogP contribution in [0.15, 0.2) is 48.5 Å². The summed E-state index contributed by atoms with van der Waals surface area (Å²) in [5.41, 5.74) is 4.00. The van der Waals surface area contributed by atoms with Crippen LogP contribution in [-0.4, -0.2) is 32.7 Å². The number of carbonyl (C=O) groups excluding carboxylic acids is 2.